The Balaban J connectivity index is 2.30. The number of anilines is 2. The van der Waals surface area contributed by atoms with E-state index in [1.54, 1.807) is 18.2 Å². The molecule has 0 radical (unpaired) electrons. The zero-order chi connectivity index (χ0) is 14.7. The van der Waals surface area contributed by atoms with Crippen molar-refractivity contribution in [2.45, 2.75) is 0 Å². The zero-order valence-electron chi connectivity index (χ0n) is 10.6. The molecule has 0 aromatic heterocycles. The largest absolute Gasteiger partial charge is 0.497 e. The molecule has 1 amide bonds. The monoisotopic (exact) mass is 338 g/mol. The lowest BCUT2D eigenvalue weighted by Crippen LogP contribution is -2.15. The molecule has 0 bridgehead atoms. The summed E-state index contributed by atoms with van der Waals surface area (Å²) in [5.74, 6) is -0.527. The minimum absolute atomic E-state index is 0.0756. The van der Waals surface area contributed by atoms with E-state index < -0.39 is 11.7 Å². The summed E-state index contributed by atoms with van der Waals surface area (Å²) in [4.78, 5) is 12.1. The van der Waals surface area contributed by atoms with E-state index in [-0.39, 0.29) is 11.3 Å². The molecule has 104 valence electrons. The lowest BCUT2D eigenvalue weighted by molar-refractivity contribution is 0.102. The number of nitrogens with one attached hydrogen (secondary N) is 1. The van der Waals surface area contributed by atoms with Crippen LogP contribution < -0.4 is 15.8 Å². The SMILES string of the molecule is COc1ccc(N)c(C(=O)Nc2cc(Br)ccc2F)c1. The first-order chi connectivity index (χ1) is 9.51. The lowest BCUT2D eigenvalue weighted by Gasteiger charge is -2.10. The van der Waals surface area contributed by atoms with Crippen LogP contribution >= 0.6 is 15.9 Å². The standard InChI is InChI=1S/C14H12BrFN2O2/c1-20-9-3-5-12(17)10(7-9)14(19)18-13-6-8(15)2-4-11(13)16/h2-7H,17H2,1H3,(H,18,19). The van der Waals surface area contributed by atoms with Crippen LogP contribution in [-0.4, -0.2) is 13.0 Å². The Hall–Kier alpha value is -2.08. The van der Waals surface area contributed by atoms with Crippen molar-refractivity contribution in [2.75, 3.05) is 18.2 Å². The van der Waals surface area contributed by atoms with E-state index in [2.05, 4.69) is 21.2 Å². The van der Waals surface area contributed by atoms with Gasteiger partial charge >= 0.3 is 0 Å². The van der Waals surface area contributed by atoms with Crippen LogP contribution in [0.4, 0.5) is 15.8 Å². The molecule has 0 aliphatic rings. The maximum atomic E-state index is 13.6. The summed E-state index contributed by atoms with van der Waals surface area (Å²) in [7, 11) is 1.49. The van der Waals surface area contributed by atoms with Crippen molar-refractivity contribution in [1.29, 1.82) is 0 Å². The van der Waals surface area contributed by atoms with Crippen molar-refractivity contribution in [3.8, 4) is 5.75 Å². The maximum Gasteiger partial charge on any atom is 0.257 e. The molecule has 4 nitrogen and oxygen atoms in total. The molecular weight excluding hydrogens is 327 g/mol. The normalized spacial score (nSPS) is 10.2. The predicted octanol–water partition coefficient (Wildman–Crippen LogP) is 3.43. The molecule has 2 aromatic carbocycles. The zero-order valence-corrected chi connectivity index (χ0v) is 12.2. The van der Waals surface area contributed by atoms with Crippen molar-refractivity contribution in [3.63, 3.8) is 0 Å². The molecule has 0 saturated heterocycles. The van der Waals surface area contributed by atoms with Gasteiger partial charge in [-0.2, -0.15) is 0 Å². The van der Waals surface area contributed by atoms with Gasteiger partial charge in [-0.05, 0) is 36.4 Å². The first-order valence-electron chi connectivity index (χ1n) is 5.71. The first-order valence-corrected chi connectivity index (χ1v) is 6.50. The molecule has 0 saturated carbocycles. The predicted molar refractivity (Wildman–Crippen MR) is 79.5 cm³/mol. The smallest absolute Gasteiger partial charge is 0.257 e. The van der Waals surface area contributed by atoms with Gasteiger partial charge in [-0.1, -0.05) is 15.9 Å². The van der Waals surface area contributed by atoms with Crippen molar-refractivity contribution in [3.05, 3.63) is 52.3 Å². The number of carbonyl (C=O) groups excluding carboxylic acids is 1. The van der Waals surface area contributed by atoms with Gasteiger partial charge in [-0.25, -0.2) is 4.39 Å². The van der Waals surface area contributed by atoms with Gasteiger partial charge in [0.25, 0.3) is 5.91 Å². The Morgan fingerprint density at radius 1 is 1.30 bits per heavy atom. The molecule has 0 aliphatic heterocycles. The van der Waals surface area contributed by atoms with Crippen molar-refractivity contribution >= 4 is 33.2 Å². The van der Waals surface area contributed by atoms with Crippen LogP contribution in [0.2, 0.25) is 0 Å². The number of nitrogen functional groups attached to an aromatic ring is 1. The number of nitrogens with two attached hydrogens (primary N) is 1. The Kier molecular flexibility index (Phi) is 4.24. The third-order valence-corrected chi connectivity index (χ3v) is 3.17. The maximum absolute atomic E-state index is 13.6. The Morgan fingerprint density at radius 3 is 2.75 bits per heavy atom. The van der Waals surface area contributed by atoms with Gasteiger partial charge in [0.15, 0.2) is 0 Å². The average molecular weight is 339 g/mol. The van der Waals surface area contributed by atoms with Gasteiger partial charge in [-0.15, -0.1) is 0 Å². The Morgan fingerprint density at radius 2 is 2.05 bits per heavy atom. The van der Waals surface area contributed by atoms with Crippen molar-refractivity contribution in [1.82, 2.24) is 0 Å². The molecular formula is C14H12BrFN2O2. The van der Waals surface area contributed by atoms with Crippen LogP contribution in [0.1, 0.15) is 10.4 Å². The van der Waals surface area contributed by atoms with E-state index >= 15 is 0 Å². The second-order valence-electron chi connectivity index (χ2n) is 4.03. The fraction of sp³-hybridized carbons (Fsp3) is 0.0714. The summed E-state index contributed by atoms with van der Waals surface area (Å²) < 4.78 is 19.3. The summed E-state index contributed by atoms with van der Waals surface area (Å²) >= 11 is 3.22. The van der Waals surface area contributed by atoms with E-state index in [9.17, 15) is 9.18 Å². The highest BCUT2D eigenvalue weighted by atomic mass is 79.9. The average Bonchev–Trinajstić information content (AvgIpc) is 2.43. The van der Waals surface area contributed by atoms with Gasteiger partial charge in [-0.3, -0.25) is 4.79 Å². The van der Waals surface area contributed by atoms with E-state index in [4.69, 9.17) is 10.5 Å². The number of halogens is 2. The molecule has 6 heteroatoms. The molecule has 0 atom stereocenters. The van der Waals surface area contributed by atoms with E-state index in [0.717, 1.165) is 0 Å². The van der Waals surface area contributed by atoms with Gasteiger partial charge in [0.2, 0.25) is 0 Å². The van der Waals surface area contributed by atoms with Gasteiger partial charge in [0, 0.05) is 10.2 Å². The molecule has 2 aromatic rings. The molecule has 0 spiro atoms. The van der Waals surface area contributed by atoms with E-state index in [0.29, 0.717) is 15.9 Å². The van der Waals surface area contributed by atoms with Crippen molar-refractivity contribution in [2.24, 2.45) is 0 Å². The molecule has 3 N–H and O–H groups in total. The number of rotatable bonds is 3. The number of hydrogen-bond acceptors (Lipinski definition) is 3. The fourth-order valence-electron chi connectivity index (χ4n) is 1.64. The van der Waals surface area contributed by atoms with Crippen LogP contribution in [0.25, 0.3) is 0 Å². The van der Waals surface area contributed by atoms with Crippen LogP contribution in [0.5, 0.6) is 5.75 Å². The van der Waals surface area contributed by atoms with E-state index in [1.165, 1.54) is 25.3 Å². The molecule has 2 rings (SSSR count). The molecule has 0 heterocycles. The third-order valence-electron chi connectivity index (χ3n) is 2.68. The van der Waals surface area contributed by atoms with Gasteiger partial charge in [0.1, 0.15) is 11.6 Å². The summed E-state index contributed by atoms with van der Waals surface area (Å²) in [5, 5.41) is 2.48. The van der Waals surface area contributed by atoms with E-state index in [1.807, 2.05) is 0 Å². The topological polar surface area (TPSA) is 64.3 Å². The highest BCUT2D eigenvalue weighted by Crippen LogP contribution is 2.23. The summed E-state index contributed by atoms with van der Waals surface area (Å²) in [6.45, 7) is 0. The number of carbonyl (C=O) groups is 1. The van der Waals surface area contributed by atoms with Crippen LogP contribution in [0, 0.1) is 5.82 Å². The molecule has 20 heavy (non-hydrogen) atoms. The van der Waals surface area contributed by atoms with Crippen molar-refractivity contribution < 1.29 is 13.9 Å². The second-order valence-corrected chi connectivity index (χ2v) is 4.95. The fourth-order valence-corrected chi connectivity index (χ4v) is 2.00. The Bertz CT molecular complexity index is 662. The van der Waals surface area contributed by atoms with Crippen LogP contribution in [-0.2, 0) is 0 Å². The quantitative estimate of drug-likeness (QED) is 0.842. The number of amides is 1. The summed E-state index contributed by atoms with van der Waals surface area (Å²) in [6.07, 6.45) is 0. The summed E-state index contributed by atoms with van der Waals surface area (Å²) in [6, 6.07) is 8.99. The summed E-state index contributed by atoms with van der Waals surface area (Å²) in [5.41, 5.74) is 6.34. The first kappa shape index (κ1) is 14.3. The highest BCUT2D eigenvalue weighted by molar-refractivity contribution is 9.10. The van der Waals surface area contributed by atoms with Gasteiger partial charge < -0.3 is 15.8 Å². The number of ether oxygens (including phenoxy) is 1. The highest BCUT2D eigenvalue weighted by Gasteiger charge is 2.13. The number of hydrogen-bond donors (Lipinski definition) is 2. The van der Waals surface area contributed by atoms with Gasteiger partial charge in [0.05, 0.1) is 18.4 Å². The Labute approximate surface area is 123 Å². The molecule has 0 aliphatic carbocycles. The lowest BCUT2D eigenvalue weighted by atomic mass is 10.1. The third kappa shape index (κ3) is 3.08. The minimum Gasteiger partial charge on any atom is -0.497 e. The van der Waals surface area contributed by atoms with Crippen LogP contribution in [0.3, 0.4) is 0 Å². The molecule has 0 unspecified atom stereocenters. The number of benzene rings is 2. The molecule has 0 fully saturated rings. The minimum atomic E-state index is -0.525. The van der Waals surface area contributed by atoms with Crippen LogP contribution in [0.15, 0.2) is 40.9 Å². The second kappa shape index (κ2) is 5.92. The number of methoxy groups -OCH3 is 1.